The summed E-state index contributed by atoms with van der Waals surface area (Å²) >= 11 is 0. The van der Waals surface area contributed by atoms with Crippen molar-refractivity contribution in [1.82, 2.24) is 5.32 Å². The number of hydrogen-bond donors (Lipinski definition) is 1. The van der Waals surface area contributed by atoms with Crippen molar-refractivity contribution in [1.29, 1.82) is 0 Å². The van der Waals surface area contributed by atoms with Crippen LogP contribution in [-0.4, -0.2) is 13.1 Å². The van der Waals surface area contributed by atoms with Crippen LogP contribution in [0.25, 0.3) is 0 Å². The average molecular weight is 227 g/mol. The predicted octanol–water partition coefficient (Wildman–Crippen LogP) is 3.31. The molecule has 90 valence electrons. The summed E-state index contributed by atoms with van der Waals surface area (Å²) < 4.78 is 27.2. The molecular weight excluding hydrogens is 208 g/mol. The molecule has 0 bridgehead atoms. The van der Waals surface area contributed by atoms with E-state index in [9.17, 15) is 8.78 Å². The van der Waals surface area contributed by atoms with Crippen LogP contribution in [0.5, 0.6) is 0 Å². The normalized spacial score (nSPS) is 15.2. The lowest BCUT2D eigenvalue weighted by molar-refractivity contribution is 0.361. The second kappa shape index (κ2) is 5.39. The van der Waals surface area contributed by atoms with Crippen LogP contribution in [-0.2, 0) is 0 Å². The summed E-state index contributed by atoms with van der Waals surface area (Å²) in [5.41, 5.74) is 0.176. The van der Waals surface area contributed by atoms with Crippen LogP contribution in [0, 0.1) is 17.6 Å². The Morgan fingerprint density at radius 1 is 1.06 bits per heavy atom. The maximum absolute atomic E-state index is 13.6. The molecule has 2 unspecified atom stereocenters. The Kier molecular flexibility index (Phi) is 4.42. The zero-order valence-corrected chi connectivity index (χ0v) is 10.2. The Morgan fingerprint density at radius 3 is 1.94 bits per heavy atom. The molecule has 0 heterocycles. The van der Waals surface area contributed by atoms with Crippen molar-refractivity contribution >= 4 is 0 Å². The quantitative estimate of drug-likeness (QED) is 0.832. The first-order valence-corrected chi connectivity index (χ1v) is 5.60. The molecule has 0 aliphatic carbocycles. The molecular formula is C13H19F2N. The Labute approximate surface area is 95.9 Å². The summed E-state index contributed by atoms with van der Waals surface area (Å²) in [7, 11) is 1.82. The summed E-state index contributed by atoms with van der Waals surface area (Å²) in [4.78, 5) is 0. The Bertz CT molecular complexity index is 330. The van der Waals surface area contributed by atoms with Gasteiger partial charge in [0.2, 0.25) is 0 Å². The van der Waals surface area contributed by atoms with Gasteiger partial charge >= 0.3 is 0 Å². The molecule has 16 heavy (non-hydrogen) atoms. The van der Waals surface area contributed by atoms with Crippen molar-refractivity contribution in [3.8, 4) is 0 Å². The van der Waals surface area contributed by atoms with E-state index in [1.807, 2.05) is 27.8 Å². The largest absolute Gasteiger partial charge is 0.316 e. The highest BCUT2D eigenvalue weighted by molar-refractivity contribution is 5.24. The monoisotopic (exact) mass is 227 g/mol. The van der Waals surface area contributed by atoms with Gasteiger partial charge in [-0.15, -0.1) is 0 Å². The number of halogens is 2. The molecule has 0 aliphatic heterocycles. The fraction of sp³-hybridized carbons (Fsp3) is 0.538. The zero-order chi connectivity index (χ0) is 12.3. The first-order chi connectivity index (χ1) is 7.49. The topological polar surface area (TPSA) is 12.0 Å². The van der Waals surface area contributed by atoms with Crippen LogP contribution in [0.1, 0.15) is 32.3 Å². The molecule has 0 saturated carbocycles. The van der Waals surface area contributed by atoms with E-state index >= 15 is 0 Å². The second-order valence-corrected chi connectivity index (χ2v) is 4.48. The smallest absolute Gasteiger partial charge is 0.129 e. The van der Waals surface area contributed by atoms with Crippen LogP contribution in [0.15, 0.2) is 18.2 Å². The molecule has 2 atom stereocenters. The van der Waals surface area contributed by atoms with Gasteiger partial charge in [0.1, 0.15) is 11.6 Å². The molecule has 0 aliphatic rings. The van der Waals surface area contributed by atoms with Gasteiger partial charge in [0.15, 0.2) is 0 Å². The van der Waals surface area contributed by atoms with Gasteiger partial charge in [-0.1, -0.05) is 26.8 Å². The van der Waals surface area contributed by atoms with E-state index in [-0.39, 0.29) is 17.5 Å². The number of rotatable bonds is 4. The van der Waals surface area contributed by atoms with Gasteiger partial charge in [-0.2, -0.15) is 0 Å². The minimum Gasteiger partial charge on any atom is -0.316 e. The van der Waals surface area contributed by atoms with Gasteiger partial charge in [-0.05, 0) is 25.1 Å². The highest BCUT2D eigenvalue weighted by Gasteiger charge is 2.25. The van der Waals surface area contributed by atoms with E-state index in [4.69, 9.17) is 0 Å². The number of hydrogen-bond acceptors (Lipinski definition) is 1. The van der Waals surface area contributed by atoms with Crippen molar-refractivity contribution < 1.29 is 8.78 Å². The predicted molar refractivity (Wildman–Crippen MR) is 62.5 cm³/mol. The molecule has 0 spiro atoms. The standard InChI is InChI=1S/C13H19F2N/c1-8(2)13(16-4)9(3)12-10(14)6-5-7-11(12)15/h5-9,13,16H,1-4H3. The lowest BCUT2D eigenvalue weighted by Crippen LogP contribution is -2.36. The molecule has 0 amide bonds. The molecule has 1 nitrogen and oxygen atoms in total. The van der Waals surface area contributed by atoms with E-state index in [0.717, 1.165) is 0 Å². The molecule has 1 N–H and O–H groups in total. The number of likely N-dealkylation sites (N-methyl/N-ethyl adjacent to an activating group) is 1. The zero-order valence-electron chi connectivity index (χ0n) is 10.2. The summed E-state index contributed by atoms with van der Waals surface area (Å²) in [5.74, 6) is -0.799. The molecule has 1 rings (SSSR count). The minimum absolute atomic E-state index is 0.0615. The third-order valence-corrected chi connectivity index (χ3v) is 3.05. The minimum atomic E-state index is -0.464. The molecule has 0 radical (unpaired) electrons. The fourth-order valence-corrected chi connectivity index (χ4v) is 2.29. The van der Waals surface area contributed by atoms with E-state index in [2.05, 4.69) is 5.32 Å². The van der Waals surface area contributed by atoms with Gasteiger partial charge in [-0.3, -0.25) is 0 Å². The van der Waals surface area contributed by atoms with Gasteiger partial charge in [0, 0.05) is 17.5 Å². The lowest BCUT2D eigenvalue weighted by Gasteiger charge is -2.27. The van der Waals surface area contributed by atoms with Gasteiger partial charge < -0.3 is 5.32 Å². The second-order valence-electron chi connectivity index (χ2n) is 4.48. The van der Waals surface area contributed by atoms with Crippen LogP contribution in [0.2, 0.25) is 0 Å². The number of nitrogens with one attached hydrogen (secondary N) is 1. The van der Waals surface area contributed by atoms with E-state index in [1.54, 1.807) is 0 Å². The summed E-state index contributed by atoms with van der Waals surface area (Å²) in [6.07, 6.45) is 0. The first kappa shape index (κ1) is 13.1. The van der Waals surface area contributed by atoms with Gasteiger partial charge in [0.05, 0.1) is 0 Å². The molecule has 1 aromatic rings. The van der Waals surface area contributed by atoms with E-state index in [0.29, 0.717) is 5.92 Å². The molecule has 0 saturated heterocycles. The van der Waals surface area contributed by atoms with Crippen LogP contribution in [0.3, 0.4) is 0 Å². The van der Waals surface area contributed by atoms with Crippen LogP contribution < -0.4 is 5.32 Å². The van der Waals surface area contributed by atoms with E-state index in [1.165, 1.54) is 18.2 Å². The maximum atomic E-state index is 13.6. The van der Waals surface area contributed by atoms with Crippen LogP contribution >= 0.6 is 0 Å². The van der Waals surface area contributed by atoms with Crippen molar-refractivity contribution in [3.05, 3.63) is 35.4 Å². The van der Waals surface area contributed by atoms with Crippen molar-refractivity contribution in [3.63, 3.8) is 0 Å². The Morgan fingerprint density at radius 2 is 1.56 bits per heavy atom. The average Bonchev–Trinajstić information content (AvgIpc) is 2.17. The Balaban J connectivity index is 3.08. The van der Waals surface area contributed by atoms with Gasteiger partial charge in [0.25, 0.3) is 0 Å². The van der Waals surface area contributed by atoms with Gasteiger partial charge in [-0.25, -0.2) is 8.78 Å². The summed E-state index contributed by atoms with van der Waals surface area (Å²) in [6, 6.07) is 4.07. The fourth-order valence-electron chi connectivity index (χ4n) is 2.29. The summed E-state index contributed by atoms with van der Waals surface area (Å²) in [5, 5.41) is 3.12. The molecule has 3 heteroatoms. The van der Waals surface area contributed by atoms with Crippen molar-refractivity contribution in [2.75, 3.05) is 7.05 Å². The van der Waals surface area contributed by atoms with Crippen molar-refractivity contribution in [2.45, 2.75) is 32.7 Å². The molecule has 1 aromatic carbocycles. The molecule has 0 aromatic heterocycles. The third kappa shape index (κ3) is 2.59. The number of benzene rings is 1. The SMILES string of the molecule is CNC(C(C)C)C(C)c1c(F)cccc1F. The third-order valence-electron chi connectivity index (χ3n) is 3.05. The van der Waals surface area contributed by atoms with E-state index < -0.39 is 11.6 Å². The summed E-state index contributed by atoms with van der Waals surface area (Å²) in [6.45, 7) is 5.93. The van der Waals surface area contributed by atoms with Crippen molar-refractivity contribution in [2.24, 2.45) is 5.92 Å². The van der Waals surface area contributed by atoms with Crippen LogP contribution in [0.4, 0.5) is 8.78 Å². The highest BCUT2D eigenvalue weighted by atomic mass is 19.1. The Hall–Kier alpha value is -0.960. The lowest BCUT2D eigenvalue weighted by atomic mass is 9.86. The maximum Gasteiger partial charge on any atom is 0.129 e. The highest BCUT2D eigenvalue weighted by Crippen LogP contribution is 2.28. The first-order valence-electron chi connectivity index (χ1n) is 5.60. The molecule has 0 fully saturated rings.